The number of benzene rings is 1. The fraction of sp³-hybridized carbons (Fsp3) is 0.167. The second kappa shape index (κ2) is 4.18. The number of aryl methyl sites for hydroxylation is 2. The number of aromatic nitrogens is 2. The van der Waals surface area contributed by atoms with Crippen molar-refractivity contribution >= 4 is 5.97 Å². The van der Waals surface area contributed by atoms with Crippen molar-refractivity contribution in [3.63, 3.8) is 0 Å². The molecule has 4 heteroatoms. The first-order valence-electron chi connectivity index (χ1n) is 4.98. The van der Waals surface area contributed by atoms with Gasteiger partial charge in [-0.15, -0.1) is 5.10 Å². The van der Waals surface area contributed by atoms with Crippen molar-refractivity contribution in [1.82, 2.24) is 9.94 Å². The molecule has 82 valence electrons. The van der Waals surface area contributed by atoms with Gasteiger partial charge < -0.3 is 4.84 Å². The molecular formula is C12H12N2O2. The van der Waals surface area contributed by atoms with Crippen LogP contribution in [0.15, 0.2) is 36.4 Å². The summed E-state index contributed by atoms with van der Waals surface area (Å²) in [6.07, 6.45) is 0. The van der Waals surface area contributed by atoms with Crippen LogP contribution < -0.4 is 4.84 Å². The second-order valence-electron chi connectivity index (χ2n) is 3.54. The van der Waals surface area contributed by atoms with Crippen molar-refractivity contribution in [2.45, 2.75) is 13.8 Å². The third-order valence-corrected chi connectivity index (χ3v) is 2.15. The van der Waals surface area contributed by atoms with Crippen LogP contribution in [0, 0.1) is 13.8 Å². The number of hydrogen-bond donors (Lipinski definition) is 0. The first-order valence-corrected chi connectivity index (χ1v) is 4.98. The summed E-state index contributed by atoms with van der Waals surface area (Å²) >= 11 is 0. The fourth-order valence-corrected chi connectivity index (χ4v) is 1.41. The Hall–Kier alpha value is -2.10. The molecule has 2 rings (SSSR count). The van der Waals surface area contributed by atoms with Crippen molar-refractivity contribution in [1.29, 1.82) is 0 Å². The van der Waals surface area contributed by atoms with E-state index in [0.29, 0.717) is 5.56 Å². The molecule has 1 heterocycles. The highest BCUT2D eigenvalue weighted by molar-refractivity contribution is 5.89. The Bertz CT molecular complexity index is 503. The van der Waals surface area contributed by atoms with Crippen molar-refractivity contribution in [2.24, 2.45) is 0 Å². The van der Waals surface area contributed by atoms with Gasteiger partial charge in [-0.2, -0.15) is 0 Å². The van der Waals surface area contributed by atoms with Gasteiger partial charge in [0.2, 0.25) is 0 Å². The maximum absolute atomic E-state index is 11.7. The Labute approximate surface area is 93.4 Å². The molecule has 0 unspecified atom stereocenters. The molecule has 0 amide bonds. The van der Waals surface area contributed by atoms with Gasteiger partial charge in [-0.05, 0) is 32.0 Å². The van der Waals surface area contributed by atoms with Crippen LogP contribution in [-0.4, -0.2) is 15.9 Å². The largest absolute Gasteiger partial charge is 0.365 e. The van der Waals surface area contributed by atoms with Gasteiger partial charge in [-0.3, -0.25) is 0 Å². The van der Waals surface area contributed by atoms with Gasteiger partial charge in [0.05, 0.1) is 17.0 Å². The number of nitrogens with zero attached hydrogens (tertiary/aromatic N) is 2. The number of carbonyl (C=O) groups excluding carboxylic acids is 1. The average molecular weight is 216 g/mol. The molecule has 1 aromatic carbocycles. The average Bonchev–Trinajstić information content (AvgIpc) is 2.59. The normalized spacial score (nSPS) is 10.1. The predicted octanol–water partition coefficient (Wildman–Crippen LogP) is 1.77. The van der Waals surface area contributed by atoms with E-state index in [1.165, 1.54) is 4.85 Å². The lowest BCUT2D eigenvalue weighted by atomic mass is 10.2. The van der Waals surface area contributed by atoms with Gasteiger partial charge in [-0.25, -0.2) is 4.79 Å². The summed E-state index contributed by atoms with van der Waals surface area (Å²) in [5, 5.41) is 4.05. The van der Waals surface area contributed by atoms with Crippen LogP contribution >= 0.6 is 0 Å². The van der Waals surface area contributed by atoms with Gasteiger partial charge in [0, 0.05) is 0 Å². The quantitative estimate of drug-likeness (QED) is 0.768. The Balaban J connectivity index is 2.17. The molecule has 0 spiro atoms. The molecular weight excluding hydrogens is 204 g/mol. The van der Waals surface area contributed by atoms with Crippen LogP contribution in [0.3, 0.4) is 0 Å². The van der Waals surface area contributed by atoms with Gasteiger partial charge in [0.15, 0.2) is 0 Å². The molecule has 0 aliphatic rings. The summed E-state index contributed by atoms with van der Waals surface area (Å²) in [6, 6.07) is 10.7. The van der Waals surface area contributed by atoms with Crippen molar-refractivity contribution in [2.75, 3.05) is 0 Å². The molecule has 1 aromatic heterocycles. The topological polar surface area (TPSA) is 44.1 Å². The van der Waals surface area contributed by atoms with E-state index in [9.17, 15) is 4.79 Å². The molecule has 0 atom stereocenters. The van der Waals surface area contributed by atoms with E-state index in [1.54, 1.807) is 24.3 Å². The van der Waals surface area contributed by atoms with Crippen LogP contribution in [0.25, 0.3) is 0 Å². The van der Waals surface area contributed by atoms with Gasteiger partial charge in [0.25, 0.3) is 0 Å². The zero-order chi connectivity index (χ0) is 11.5. The molecule has 0 radical (unpaired) electrons. The van der Waals surface area contributed by atoms with Gasteiger partial charge in [0.1, 0.15) is 0 Å². The third-order valence-electron chi connectivity index (χ3n) is 2.15. The van der Waals surface area contributed by atoms with Gasteiger partial charge in [-0.1, -0.05) is 23.0 Å². The Morgan fingerprint density at radius 2 is 1.94 bits per heavy atom. The van der Waals surface area contributed by atoms with Crippen LogP contribution in [-0.2, 0) is 0 Å². The lowest BCUT2D eigenvalue weighted by Crippen LogP contribution is -2.22. The minimum Gasteiger partial charge on any atom is -0.314 e. The fourth-order valence-electron chi connectivity index (χ4n) is 1.41. The Morgan fingerprint density at radius 1 is 1.25 bits per heavy atom. The zero-order valence-corrected chi connectivity index (χ0v) is 9.18. The Kier molecular flexibility index (Phi) is 2.72. The van der Waals surface area contributed by atoms with E-state index >= 15 is 0 Å². The summed E-state index contributed by atoms with van der Waals surface area (Å²) in [5.74, 6) is -0.410. The molecule has 0 saturated heterocycles. The molecule has 0 bridgehead atoms. The minimum absolute atomic E-state index is 0.410. The zero-order valence-electron chi connectivity index (χ0n) is 9.18. The summed E-state index contributed by atoms with van der Waals surface area (Å²) in [4.78, 5) is 18.1. The molecule has 0 saturated carbocycles. The standard InChI is InChI=1S/C12H12N2O2/c1-9-8-10(2)14(13-9)16-12(15)11-6-4-3-5-7-11/h3-8H,1-2H3. The molecule has 0 aliphatic carbocycles. The van der Waals surface area contributed by atoms with E-state index in [0.717, 1.165) is 11.4 Å². The third kappa shape index (κ3) is 2.11. The maximum atomic E-state index is 11.7. The summed E-state index contributed by atoms with van der Waals surface area (Å²) in [6.45, 7) is 3.68. The first kappa shape index (κ1) is 10.4. The minimum atomic E-state index is -0.410. The molecule has 4 nitrogen and oxygen atoms in total. The predicted molar refractivity (Wildman–Crippen MR) is 59.1 cm³/mol. The second-order valence-corrected chi connectivity index (χ2v) is 3.54. The van der Waals surface area contributed by atoms with E-state index in [4.69, 9.17) is 4.84 Å². The SMILES string of the molecule is Cc1cc(C)n(OC(=O)c2ccccc2)n1. The molecule has 0 aliphatic heterocycles. The van der Waals surface area contributed by atoms with Crippen molar-refractivity contribution in [3.8, 4) is 0 Å². The highest BCUT2D eigenvalue weighted by atomic mass is 16.7. The lowest BCUT2D eigenvalue weighted by molar-refractivity contribution is 0.0381. The molecule has 2 aromatic rings. The number of hydrogen-bond acceptors (Lipinski definition) is 3. The molecule has 16 heavy (non-hydrogen) atoms. The van der Waals surface area contributed by atoms with E-state index in [2.05, 4.69) is 5.10 Å². The van der Waals surface area contributed by atoms with E-state index in [1.807, 2.05) is 26.0 Å². The van der Waals surface area contributed by atoms with Crippen molar-refractivity contribution < 1.29 is 9.63 Å². The van der Waals surface area contributed by atoms with Crippen LogP contribution in [0.4, 0.5) is 0 Å². The van der Waals surface area contributed by atoms with Crippen molar-refractivity contribution in [3.05, 3.63) is 53.3 Å². The number of rotatable bonds is 2. The number of carbonyl (C=O) groups is 1. The highest BCUT2D eigenvalue weighted by Crippen LogP contribution is 2.03. The molecule has 0 N–H and O–H groups in total. The summed E-state index contributed by atoms with van der Waals surface area (Å²) in [5.41, 5.74) is 2.12. The van der Waals surface area contributed by atoms with Crippen LogP contribution in [0.2, 0.25) is 0 Å². The van der Waals surface area contributed by atoms with Gasteiger partial charge >= 0.3 is 5.97 Å². The highest BCUT2D eigenvalue weighted by Gasteiger charge is 2.10. The lowest BCUT2D eigenvalue weighted by Gasteiger charge is -2.04. The summed E-state index contributed by atoms with van der Waals surface area (Å²) in [7, 11) is 0. The smallest absolute Gasteiger partial charge is 0.314 e. The Morgan fingerprint density at radius 3 is 2.50 bits per heavy atom. The van der Waals surface area contributed by atoms with Crippen LogP contribution in [0.5, 0.6) is 0 Å². The molecule has 0 fully saturated rings. The maximum Gasteiger partial charge on any atom is 0.365 e. The van der Waals surface area contributed by atoms with Crippen LogP contribution in [0.1, 0.15) is 21.7 Å². The van der Waals surface area contributed by atoms with E-state index in [-0.39, 0.29) is 0 Å². The first-order chi connectivity index (χ1) is 7.66. The monoisotopic (exact) mass is 216 g/mol. The van der Waals surface area contributed by atoms with E-state index < -0.39 is 5.97 Å². The summed E-state index contributed by atoms with van der Waals surface area (Å²) < 4.78 is 0.